The van der Waals surface area contributed by atoms with Crippen molar-refractivity contribution in [1.29, 1.82) is 0 Å². The Morgan fingerprint density at radius 1 is 0.818 bits per heavy atom. The molecular weight excluding hydrogens is 551 g/mol. The normalized spacial score (nSPS) is 11.5. The van der Waals surface area contributed by atoms with Crippen molar-refractivity contribution in [3.63, 3.8) is 0 Å². The molecule has 2 aromatic heterocycles. The summed E-state index contributed by atoms with van der Waals surface area (Å²) < 4.78 is 15.3. The molecule has 0 aliphatic carbocycles. The Labute approximate surface area is 256 Å². The van der Waals surface area contributed by atoms with Gasteiger partial charge >= 0.3 is 0 Å². The first-order valence-corrected chi connectivity index (χ1v) is 14.1. The van der Waals surface area contributed by atoms with Crippen LogP contribution in [0.5, 0.6) is 0 Å². The van der Waals surface area contributed by atoms with Gasteiger partial charge in [-0.25, -0.2) is 9.37 Å². The van der Waals surface area contributed by atoms with Gasteiger partial charge in [-0.15, -0.1) is 0 Å². The third-order valence-electron chi connectivity index (χ3n) is 7.52. The second-order valence-corrected chi connectivity index (χ2v) is 10.4. The zero-order chi connectivity index (χ0) is 29.8. The Morgan fingerprint density at radius 2 is 1.48 bits per heavy atom. The van der Waals surface area contributed by atoms with E-state index in [1.807, 2.05) is 85.8 Å². The topological polar surface area (TPSA) is 68.1 Å². The summed E-state index contributed by atoms with van der Waals surface area (Å²) in [4.78, 5) is 39.0. The van der Waals surface area contributed by atoms with Crippen molar-refractivity contribution in [2.24, 2.45) is 0 Å². The molecule has 0 saturated heterocycles. The number of nitrogens with zero attached hydrogens (tertiary/aromatic N) is 4. The molecule has 0 spiro atoms. The minimum absolute atomic E-state index is 0. The van der Waals surface area contributed by atoms with Gasteiger partial charge in [-0.2, -0.15) is 0 Å². The summed E-state index contributed by atoms with van der Waals surface area (Å²) in [7, 11) is 0. The molecule has 0 aliphatic rings. The van der Waals surface area contributed by atoms with E-state index < -0.39 is 11.9 Å². The smallest absolute Gasteiger partial charge is 0.266 e. The molecule has 1 amide bonds. The molecule has 220 valence electrons. The maximum absolute atomic E-state index is 14.1. The van der Waals surface area contributed by atoms with Gasteiger partial charge in [0, 0.05) is 6.20 Å². The minimum atomic E-state index is -0.625. The number of halogens is 1. The maximum Gasteiger partial charge on any atom is 0.266 e. The van der Waals surface area contributed by atoms with Gasteiger partial charge in [-0.3, -0.25) is 19.1 Å². The number of rotatable bonds is 8. The number of fused-ring (bicyclic) bond motifs is 1. The molecule has 4 aromatic carbocycles. The molecule has 44 heavy (non-hydrogen) atoms. The van der Waals surface area contributed by atoms with Gasteiger partial charge in [-0.1, -0.05) is 80.2 Å². The third-order valence-corrected chi connectivity index (χ3v) is 7.52. The van der Waals surface area contributed by atoms with Crippen molar-refractivity contribution in [1.82, 2.24) is 19.4 Å². The molecule has 7 heteroatoms. The number of amides is 1. The minimum Gasteiger partial charge on any atom is -0.327 e. The van der Waals surface area contributed by atoms with Gasteiger partial charge in [0.2, 0.25) is 5.91 Å². The van der Waals surface area contributed by atoms with E-state index in [4.69, 9.17) is 4.98 Å². The van der Waals surface area contributed by atoms with Crippen LogP contribution < -0.4 is 5.56 Å². The summed E-state index contributed by atoms with van der Waals surface area (Å²) in [5.74, 6) is -0.178. The average Bonchev–Trinajstić information content (AvgIpc) is 3.05. The molecule has 0 N–H and O–H groups in total. The SMILES string of the molecule is C.CC(c1nc2ccccc2c(=O)n1-c1ccc(F)cc1)N(Cc1ccccn1)C(=O)Cc1ccc(-c2ccccc2)cc1. The summed E-state index contributed by atoms with van der Waals surface area (Å²) in [5, 5.41) is 0.434. The summed E-state index contributed by atoms with van der Waals surface area (Å²) in [6.45, 7) is 2.07. The highest BCUT2D eigenvalue weighted by Gasteiger charge is 2.27. The molecule has 0 aliphatic heterocycles. The molecule has 2 heterocycles. The van der Waals surface area contributed by atoms with Crippen LogP contribution in [0.4, 0.5) is 4.39 Å². The third kappa shape index (κ3) is 6.32. The summed E-state index contributed by atoms with van der Waals surface area (Å²) in [5.41, 5.74) is 4.44. The fourth-order valence-electron chi connectivity index (χ4n) is 5.24. The van der Waals surface area contributed by atoms with Crippen LogP contribution in [-0.2, 0) is 17.8 Å². The number of hydrogen-bond acceptors (Lipinski definition) is 4. The van der Waals surface area contributed by atoms with E-state index in [0.29, 0.717) is 28.1 Å². The first-order chi connectivity index (χ1) is 21.0. The van der Waals surface area contributed by atoms with Gasteiger partial charge < -0.3 is 4.90 Å². The van der Waals surface area contributed by atoms with Gasteiger partial charge in [0.15, 0.2) is 0 Å². The van der Waals surface area contributed by atoms with E-state index >= 15 is 0 Å². The fraction of sp³-hybridized carbons (Fsp3) is 0.135. The number of hydrogen-bond donors (Lipinski definition) is 0. The van der Waals surface area contributed by atoms with Crippen molar-refractivity contribution >= 4 is 16.8 Å². The zero-order valence-corrected chi connectivity index (χ0v) is 23.6. The molecule has 6 rings (SSSR count). The highest BCUT2D eigenvalue weighted by molar-refractivity contribution is 5.80. The molecule has 0 fully saturated rings. The van der Waals surface area contributed by atoms with Crippen molar-refractivity contribution in [2.75, 3.05) is 0 Å². The predicted octanol–water partition coefficient (Wildman–Crippen LogP) is 7.56. The Kier molecular flexibility index (Phi) is 9.05. The largest absolute Gasteiger partial charge is 0.327 e. The zero-order valence-electron chi connectivity index (χ0n) is 23.6. The fourth-order valence-corrected chi connectivity index (χ4v) is 5.24. The first-order valence-electron chi connectivity index (χ1n) is 14.1. The Bertz CT molecular complexity index is 1920. The second-order valence-electron chi connectivity index (χ2n) is 10.4. The summed E-state index contributed by atoms with van der Waals surface area (Å²) in [6.07, 6.45) is 1.84. The van der Waals surface area contributed by atoms with E-state index in [-0.39, 0.29) is 31.9 Å². The monoisotopic (exact) mass is 584 g/mol. The lowest BCUT2D eigenvalue weighted by Gasteiger charge is -2.30. The van der Waals surface area contributed by atoms with Crippen LogP contribution in [-0.4, -0.2) is 25.3 Å². The quantitative estimate of drug-likeness (QED) is 0.185. The number of aromatic nitrogens is 3. The molecule has 0 radical (unpaired) electrons. The lowest BCUT2D eigenvalue weighted by molar-refractivity contribution is -0.133. The Morgan fingerprint density at radius 3 is 2.18 bits per heavy atom. The van der Waals surface area contributed by atoms with E-state index in [1.165, 1.54) is 16.7 Å². The Hall–Kier alpha value is -5.43. The van der Waals surface area contributed by atoms with E-state index in [0.717, 1.165) is 16.7 Å². The summed E-state index contributed by atoms with van der Waals surface area (Å²) in [6, 6.07) is 35.8. The lowest BCUT2D eigenvalue weighted by atomic mass is 10.0. The molecule has 6 aromatic rings. The summed E-state index contributed by atoms with van der Waals surface area (Å²) >= 11 is 0. The van der Waals surface area contributed by atoms with E-state index in [1.54, 1.807) is 41.4 Å². The first kappa shape index (κ1) is 30.0. The van der Waals surface area contributed by atoms with E-state index in [2.05, 4.69) is 4.98 Å². The van der Waals surface area contributed by atoms with Crippen molar-refractivity contribution in [3.8, 4) is 16.8 Å². The van der Waals surface area contributed by atoms with Crippen LogP contribution >= 0.6 is 0 Å². The second kappa shape index (κ2) is 13.3. The molecule has 6 nitrogen and oxygen atoms in total. The number of benzene rings is 4. The maximum atomic E-state index is 14.1. The van der Waals surface area contributed by atoms with Gasteiger partial charge in [-0.05, 0) is 72.1 Å². The molecule has 0 bridgehead atoms. The predicted molar refractivity (Wildman–Crippen MR) is 173 cm³/mol. The van der Waals surface area contributed by atoms with Crippen LogP contribution in [0.15, 0.2) is 132 Å². The highest BCUT2D eigenvalue weighted by Crippen LogP contribution is 2.26. The van der Waals surface area contributed by atoms with Crippen LogP contribution in [0.3, 0.4) is 0 Å². The van der Waals surface area contributed by atoms with E-state index in [9.17, 15) is 14.0 Å². The van der Waals surface area contributed by atoms with Crippen molar-refractivity contribution in [2.45, 2.75) is 33.4 Å². The number of carbonyl (C=O) groups excluding carboxylic acids is 1. The van der Waals surface area contributed by atoms with Crippen LogP contribution in [0, 0.1) is 5.82 Å². The van der Waals surface area contributed by atoms with Crippen molar-refractivity contribution in [3.05, 3.63) is 161 Å². The number of carbonyl (C=O) groups is 1. The van der Waals surface area contributed by atoms with Gasteiger partial charge in [0.1, 0.15) is 11.6 Å². The van der Waals surface area contributed by atoms with Crippen LogP contribution in [0.2, 0.25) is 0 Å². The number of pyridine rings is 1. The van der Waals surface area contributed by atoms with Crippen LogP contribution in [0.25, 0.3) is 27.7 Å². The van der Waals surface area contributed by atoms with Crippen LogP contribution in [0.1, 0.15) is 37.5 Å². The van der Waals surface area contributed by atoms with Crippen molar-refractivity contribution < 1.29 is 9.18 Å². The lowest BCUT2D eigenvalue weighted by Crippen LogP contribution is -2.38. The molecular formula is C37H33FN4O2. The van der Waals surface area contributed by atoms with Gasteiger partial charge in [0.25, 0.3) is 5.56 Å². The van der Waals surface area contributed by atoms with Gasteiger partial charge in [0.05, 0.1) is 41.3 Å². The molecule has 0 saturated carbocycles. The molecule has 1 unspecified atom stereocenters. The average molecular weight is 585 g/mol. The Balaban J connectivity index is 0.00000384. The standard InChI is InChI=1S/C36H29FN4O2.CH4/c1-25(35-39-33-13-6-5-12-32(33)36(43)41(35)31-20-18-29(37)19-21-31)40(24-30-11-7-8-22-38-30)34(42)23-26-14-16-28(17-15-26)27-9-3-2-4-10-27;/h2-22,25H,23-24H2,1H3;1H4. The molecule has 1 atom stereocenters. The highest BCUT2D eigenvalue weighted by atomic mass is 19.1. The number of para-hydroxylation sites is 1.